The lowest BCUT2D eigenvalue weighted by Crippen LogP contribution is -2.60. The van der Waals surface area contributed by atoms with Crippen molar-refractivity contribution in [2.45, 2.75) is 140 Å². The number of aromatic hydroxyl groups is 1. The number of esters is 2. The molecule has 2 aliphatic carbocycles. The minimum Gasteiger partial charge on any atom is -0.505 e. The molecule has 0 radical (unpaired) electrons. The fraction of sp³-hybridized carbons (Fsp3) is 0.600. The monoisotopic (exact) mass is 990 g/mol. The fourth-order valence-corrected chi connectivity index (χ4v) is 9.86. The van der Waals surface area contributed by atoms with Crippen LogP contribution >= 0.6 is 0 Å². The molecule has 21 nitrogen and oxygen atoms in total. The molecule has 6 rings (SSSR count). The van der Waals surface area contributed by atoms with Gasteiger partial charge in [0.25, 0.3) is 5.91 Å². The average molecular weight is 990 g/mol. The quantitative estimate of drug-likeness (QED) is 0.215. The summed E-state index contributed by atoms with van der Waals surface area (Å²) in [4.78, 5) is 137. The molecule has 0 spiro atoms. The summed E-state index contributed by atoms with van der Waals surface area (Å²) in [5.74, 6) is -8.50. The Morgan fingerprint density at radius 2 is 1.13 bits per heavy atom. The molecule has 6 N–H and O–H groups in total. The van der Waals surface area contributed by atoms with Gasteiger partial charge < -0.3 is 55.9 Å². The molecular weight excluding hydrogens is 919 g/mol. The van der Waals surface area contributed by atoms with Gasteiger partial charge in [0.05, 0.1) is 5.52 Å². The van der Waals surface area contributed by atoms with E-state index < -0.39 is 132 Å². The molecule has 2 saturated carbocycles. The highest BCUT2D eigenvalue weighted by molar-refractivity contribution is 6.01. The van der Waals surface area contributed by atoms with Crippen LogP contribution in [0.3, 0.4) is 0 Å². The summed E-state index contributed by atoms with van der Waals surface area (Å²) in [5, 5.41) is 19.0. The van der Waals surface area contributed by atoms with E-state index in [1.807, 2.05) is 13.8 Å². The van der Waals surface area contributed by atoms with Crippen molar-refractivity contribution < 1.29 is 57.7 Å². The van der Waals surface area contributed by atoms with Crippen molar-refractivity contribution in [1.29, 1.82) is 0 Å². The SMILES string of the molecule is CC.CC1NC(=O)C(N)COC(=O)C(C2CCCC2)N(C)C(=O)[C@@H]2C/C=C\C[C@@H](C(=O)N(C)C(C3CCCC3)C(=O)OCC(NC(=O)c3nc4ccccc4cc3O)C(=O)NC(C)C(=O)N2C)N(C)C1=O. The number of benzene rings is 1. The van der Waals surface area contributed by atoms with Crippen LogP contribution in [0.2, 0.25) is 0 Å². The molecule has 21 heteroatoms. The van der Waals surface area contributed by atoms with Crippen LogP contribution in [-0.2, 0) is 47.8 Å². The zero-order chi connectivity index (χ0) is 52.3. The topological polar surface area (TPSA) is 280 Å². The largest absolute Gasteiger partial charge is 0.505 e. The van der Waals surface area contributed by atoms with Crippen LogP contribution in [0.15, 0.2) is 42.5 Å². The van der Waals surface area contributed by atoms with Gasteiger partial charge in [0, 0.05) is 33.6 Å². The highest BCUT2D eigenvalue weighted by Crippen LogP contribution is 2.33. The Morgan fingerprint density at radius 1 is 0.676 bits per heavy atom. The summed E-state index contributed by atoms with van der Waals surface area (Å²) < 4.78 is 11.4. The lowest BCUT2D eigenvalue weighted by atomic mass is 9.95. The predicted octanol–water partition coefficient (Wildman–Crippen LogP) is 1.54. The van der Waals surface area contributed by atoms with Crippen molar-refractivity contribution in [2.75, 3.05) is 41.4 Å². The van der Waals surface area contributed by atoms with Crippen molar-refractivity contribution in [1.82, 2.24) is 40.5 Å². The van der Waals surface area contributed by atoms with Gasteiger partial charge in [-0.1, -0.05) is 69.9 Å². The van der Waals surface area contributed by atoms with Gasteiger partial charge in [0.1, 0.15) is 67.3 Å². The third kappa shape index (κ3) is 13.0. The number of rotatable bonds is 4. The number of nitrogens with zero attached hydrogens (tertiary/aromatic N) is 5. The predicted molar refractivity (Wildman–Crippen MR) is 260 cm³/mol. The zero-order valence-corrected chi connectivity index (χ0v) is 42.1. The van der Waals surface area contributed by atoms with E-state index in [1.165, 1.54) is 57.9 Å². The zero-order valence-electron chi connectivity index (χ0n) is 42.1. The number of amides is 7. The van der Waals surface area contributed by atoms with Gasteiger partial charge in [-0.25, -0.2) is 14.6 Å². The van der Waals surface area contributed by atoms with E-state index in [1.54, 1.807) is 36.4 Å². The first-order chi connectivity index (χ1) is 33.8. The third-order valence-electron chi connectivity index (χ3n) is 13.9. The number of carbonyl (C=O) groups excluding carboxylic acids is 9. The number of para-hydroxylation sites is 1. The average Bonchev–Trinajstić information content (AvgIpc) is 4.10. The summed E-state index contributed by atoms with van der Waals surface area (Å²) in [6.45, 7) is 5.41. The second-order valence-electron chi connectivity index (χ2n) is 18.7. The number of hydrogen-bond acceptors (Lipinski definition) is 14. The summed E-state index contributed by atoms with van der Waals surface area (Å²) in [6, 6.07) is -2.57. The smallest absolute Gasteiger partial charge is 0.329 e. The number of fused-ring (bicyclic) bond motifs is 5. The first-order valence-corrected chi connectivity index (χ1v) is 24.6. The lowest BCUT2D eigenvalue weighted by molar-refractivity contribution is -0.161. The number of nitrogens with one attached hydrogen (secondary N) is 3. The molecule has 71 heavy (non-hydrogen) atoms. The third-order valence-corrected chi connectivity index (χ3v) is 13.9. The van der Waals surface area contributed by atoms with E-state index in [-0.39, 0.29) is 18.8 Å². The van der Waals surface area contributed by atoms with Crippen molar-refractivity contribution in [3.63, 3.8) is 0 Å². The fourth-order valence-electron chi connectivity index (χ4n) is 9.86. The number of pyridine rings is 1. The number of aromatic nitrogens is 1. The normalized spacial score (nSPS) is 28.4. The van der Waals surface area contributed by atoms with Crippen molar-refractivity contribution >= 4 is 64.2 Å². The van der Waals surface area contributed by atoms with Crippen LogP contribution in [0.25, 0.3) is 10.9 Å². The molecule has 8 atom stereocenters. The van der Waals surface area contributed by atoms with Gasteiger partial charge in [-0.3, -0.25) is 33.6 Å². The highest BCUT2D eigenvalue weighted by Gasteiger charge is 2.44. The number of cyclic esters (lactones) is 2. The van der Waals surface area contributed by atoms with Crippen molar-refractivity contribution in [3.8, 4) is 5.75 Å². The van der Waals surface area contributed by atoms with E-state index in [0.717, 1.165) is 35.5 Å². The molecule has 2 aliphatic heterocycles. The van der Waals surface area contributed by atoms with Gasteiger partial charge in [0.2, 0.25) is 35.4 Å². The number of hydrogen-bond donors (Lipinski definition) is 5. The molecule has 0 saturated heterocycles. The van der Waals surface area contributed by atoms with Gasteiger partial charge >= 0.3 is 11.9 Å². The van der Waals surface area contributed by atoms with E-state index in [0.29, 0.717) is 36.6 Å². The molecule has 6 unspecified atom stereocenters. The van der Waals surface area contributed by atoms with Gasteiger partial charge in [-0.2, -0.15) is 0 Å². The Hall–Kier alpha value is -6.64. The van der Waals surface area contributed by atoms with Gasteiger partial charge in [-0.15, -0.1) is 0 Å². The maximum atomic E-state index is 14.8. The Morgan fingerprint density at radius 3 is 1.62 bits per heavy atom. The van der Waals surface area contributed by atoms with Crippen LogP contribution in [0.1, 0.15) is 102 Å². The van der Waals surface area contributed by atoms with Gasteiger partial charge in [0.15, 0.2) is 5.69 Å². The molecule has 3 heterocycles. The Balaban J connectivity index is 0.00000463. The van der Waals surface area contributed by atoms with Crippen LogP contribution in [0.5, 0.6) is 5.75 Å². The van der Waals surface area contributed by atoms with Crippen molar-refractivity contribution in [3.05, 3.63) is 48.2 Å². The van der Waals surface area contributed by atoms with E-state index in [2.05, 4.69) is 20.9 Å². The van der Waals surface area contributed by atoms with Crippen molar-refractivity contribution in [2.24, 2.45) is 17.6 Å². The van der Waals surface area contributed by atoms with Crippen LogP contribution < -0.4 is 21.7 Å². The summed E-state index contributed by atoms with van der Waals surface area (Å²) in [5.41, 5.74) is 6.10. The molecule has 1 aromatic carbocycles. The van der Waals surface area contributed by atoms with E-state index >= 15 is 0 Å². The van der Waals surface area contributed by atoms with E-state index in [4.69, 9.17) is 15.2 Å². The Kier molecular flexibility index (Phi) is 19.4. The molecule has 2 bridgehead atoms. The maximum Gasteiger partial charge on any atom is 0.329 e. The van der Waals surface area contributed by atoms with Crippen LogP contribution in [0.4, 0.5) is 0 Å². The second kappa shape index (κ2) is 25.0. The molecule has 7 amide bonds. The molecule has 2 aromatic rings. The van der Waals surface area contributed by atoms with E-state index in [9.17, 15) is 48.3 Å². The minimum absolute atomic E-state index is 0.139. The standard InChI is InChI=1S/C48H65N9O12.C2H6/c1-26-43(62)54(3)34-21-13-14-22-35(45(64)56(5)38(28-15-7-8-16-28)47(66)68-24-31(49)40(59)50-26)55(4)44(63)27(2)51-41(60)33(25-69-48(67)39(57(6)46(34)65)29-17-9-10-18-29)53-42(61)37-36(58)23-30-19-11-12-20-32(30)52-37;1-2/h11-14,19-20,23,26-29,31,33-35,38-39,58H,7-10,15-18,21-22,24-25,49H2,1-6H3,(H,50,59)(H,51,60)(H,53,61);1-2H3/b14-13-;/t26?,27?,31?,33?,34-,35-,38?,39?;/m0./s1. The minimum atomic E-state index is -1.69. The Bertz CT molecular complexity index is 2330. The first-order valence-electron chi connectivity index (χ1n) is 24.6. The Labute approximate surface area is 414 Å². The number of likely N-dealkylation sites (N-methyl/N-ethyl adjacent to an activating group) is 4. The molecule has 4 aliphatic rings. The maximum absolute atomic E-state index is 14.8. The second-order valence-corrected chi connectivity index (χ2v) is 18.7. The molecule has 1 aromatic heterocycles. The number of nitrogens with two attached hydrogens (primary N) is 1. The van der Waals surface area contributed by atoms with Crippen LogP contribution in [0, 0.1) is 11.8 Å². The van der Waals surface area contributed by atoms with Gasteiger partial charge in [-0.05, 0) is 76.3 Å². The molecular formula is C50H71N9O12. The number of carbonyl (C=O) groups is 9. The molecule has 2 fully saturated rings. The first kappa shape index (κ1) is 55.3. The lowest BCUT2D eigenvalue weighted by Gasteiger charge is -2.37. The summed E-state index contributed by atoms with van der Waals surface area (Å²) in [6.07, 6.45) is 8.21. The van der Waals surface area contributed by atoms with Crippen LogP contribution in [-0.4, -0.2) is 173 Å². The molecule has 388 valence electrons. The summed E-state index contributed by atoms with van der Waals surface area (Å²) in [7, 11) is 5.57. The summed E-state index contributed by atoms with van der Waals surface area (Å²) >= 11 is 0. The number of ether oxygens (including phenoxy) is 2. The highest BCUT2D eigenvalue weighted by atomic mass is 16.5.